The molecule has 1 aliphatic heterocycles. The molecule has 1 aliphatic rings. The number of nitro groups is 1. The van der Waals surface area contributed by atoms with Crippen molar-refractivity contribution in [1.82, 2.24) is 0 Å². The van der Waals surface area contributed by atoms with Crippen molar-refractivity contribution in [3.63, 3.8) is 0 Å². The number of hydrogen-bond acceptors (Lipinski definition) is 4. The minimum atomic E-state index is -0.978. The van der Waals surface area contributed by atoms with Crippen LogP contribution in [0.4, 0.5) is 5.69 Å². The Hall–Kier alpha value is -1.72. The first kappa shape index (κ1) is 11.8. The van der Waals surface area contributed by atoms with Crippen molar-refractivity contribution in [2.24, 2.45) is 0 Å². The van der Waals surface area contributed by atoms with E-state index < -0.39 is 10.7 Å². The first-order chi connectivity index (χ1) is 8.07. The van der Waals surface area contributed by atoms with Crippen LogP contribution in [-0.2, 0) is 15.3 Å². The number of rotatable bonds is 3. The van der Waals surface area contributed by atoms with E-state index in [0.717, 1.165) is 0 Å². The third-order valence-electron chi connectivity index (χ3n) is 2.66. The van der Waals surface area contributed by atoms with Crippen LogP contribution in [0.2, 0.25) is 0 Å². The molecule has 0 bridgehead atoms. The van der Waals surface area contributed by atoms with Gasteiger partial charge in [-0.15, -0.1) is 0 Å². The van der Waals surface area contributed by atoms with Gasteiger partial charge in [0.05, 0.1) is 17.6 Å². The molecule has 5 nitrogen and oxygen atoms in total. The lowest BCUT2D eigenvalue weighted by Gasteiger charge is -2.24. The standard InChI is InChI=1S/C12H13NO4/c1-3-12(16-8-9(2)17-12)10-4-6-11(7-5-10)13(14)15/h3-7,9H,1,8H2,2H3. The fourth-order valence-corrected chi connectivity index (χ4v) is 1.80. The summed E-state index contributed by atoms with van der Waals surface area (Å²) in [5.74, 6) is -0.978. The molecule has 1 fully saturated rings. The molecule has 90 valence electrons. The van der Waals surface area contributed by atoms with E-state index in [1.165, 1.54) is 12.1 Å². The molecule has 2 unspecified atom stereocenters. The third-order valence-corrected chi connectivity index (χ3v) is 2.66. The number of ether oxygens (including phenoxy) is 2. The first-order valence-corrected chi connectivity index (χ1v) is 5.28. The van der Waals surface area contributed by atoms with E-state index >= 15 is 0 Å². The van der Waals surface area contributed by atoms with E-state index in [9.17, 15) is 10.1 Å². The molecule has 0 saturated carbocycles. The van der Waals surface area contributed by atoms with Gasteiger partial charge in [-0.2, -0.15) is 0 Å². The molecule has 0 N–H and O–H groups in total. The van der Waals surface area contributed by atoms with Gasteiger partial charge >= 0.3 is 0 Å². The number of nitro benzene ring substituents is 1. The molecule has 1 aromatic carbocycles. The minimum absolute atomic E-state index is 0.0248. The lowest BCUT2D eigenvalue weighted by molar-refractivity contribution is -0.384. The van der Waals surface area contributed by atoms with Crippen LogP contribution in [0, 0.1) is 10.1 Å². The SMILES string of the molecule is C=CC1(c2ccc([N+](=O)[O-])cc2)OCC(C)O1. The topological polar surface area (TPSA) is 61.6 Å². The summed E-state index contributed by atoms with van der Waals surface area (Å²) < 4.78 is 11.3. The summed E-state index contributed by atoms with van der Waals surface area (Å²) in [6.45, 7) is 6.07. The van der Waals surface area contributed by atoms with Gasteiger partial charge in [0, 0.05) is 17.7 Å². The molecular formula is C12H13NO4. The smallest absolute Gasteiger partial charge is 0.269 e. The molecule has 1 heterocycles. The third kappa shape index (κ3) is 2.07. The summed E-state index contributed by atoms with van der Waals surface area (Å²) in [5.41, 5.74) is 0.751. The van der Waals surface area contributed by atoms with E-state index in [-0.39, 0.29) is 11.8 Å². The largest absolute Gasteiger partial charge is 0.340 e. The van der Waals surface area contributed by atoms with E-state index in [1.807, 2.05) is 6.92 Å². The summed E-state index contributed by atoms with van der Waals surface area (Å²) in [6.07, 6.45) is 1.54. The van der Waals surface area contributed by atoms with Crippen molar-refractivity contribution in [1.29, 1.82) is 0 Å². The fourth-order valence-electron chi connectivity index (χ4n) is 1.80. The van der Waals surface area contributed by atoms with Crippen LogP contribution in [0.3, 0.4) is 0 Å². The maximum Gasteiger partial charge on any atom is 0.269 e. The van der Waals surface area contributed by atoms with Crippen molar-refractivity contribution < 1.29 is 14.4 Å². The summed E-state index contributed by atoms with van der Waals surface area (Å²) in [4.78, 5) is 10.1. The van der Waals surface area contributed by atoms with E-state index in [0.29, 0.717) is 12.2 Å². The number of nitrogens with zero attached hydrogens (tertiary/aromatic N) is 1. The zero-order chi connectivity index (χ0) is 12.5. The Labute approximate surface area is 98.8 Å². The van der Waals surface area contributed by atoms with Crippen LogP contribution in [-0.4, -0.2) is 17.6 Å². The van der Waals surface area contributed by atoms with Gasteiger partial charge in [-0.25, -0.2) is 0 Å². The Balaban J connectivity index is 2.32. The Kier molecular flexibility index (Phi) is 2.95. The molecule has 2 atom stereocenters. The second kappa shape index (κ2) is 4.27. The van der Waals surface area contributed by atoms with Gasteiger partial charge in [-0.1, -0.05) is 6.58 Å². The van der Waals surface area contributed by atoms with Gasteiger partial charge < -0.3 is 9.47 Å². The van der Waals surface area contributed by atoms with Crippen LogP contribution in [0.25, 0.3) is 0 Å². The molecule has 0 aromatic heterocycles. The quantitative estimate of drug-likeness (QED) is 0.458. The predicted molar refractivity (Wildman–Crippen MR) is 61.5 cm³/mol. The van der Waals surface area contributed by atoms with Crippen molar-refractivity contribution in [2.75, 3.05) is 6.61 Å². The summed E-state index contributed by atoms with van der Waals surface area (Å²) in [6, 6.07) is 6.10. The van der Waals surface area contributed by atoms with Crippen molar-refractivity contribution in [3.8, 4) is 0 Å². The molecule has 0 amide bonds. The van der Waals surface area contributed by atoms with Gasteiger partial charge in [-0.05, 0) is 25.1 Å². The molecule has 17 heavy (non-hydrogen) atoms. The van der Waals surface area contributed by atoms with E-state index in [2.05, 4.69) is 6.58 Å². The van der Waals surface area contributed by atoms with Gasteiger partial charge in [-0.3, -0.25) is 10.1 Å². The number of non-ortho nitro benzene ring substituents is 1. The van der Waals surface area contributed by atoms with Crippen molar-refractivity contribution >= 4 is 5.69 Å². The average molecular weight is 235 g/mol. The van der Waals surface area contributed by atoms with Crippen LogP contribution in [0.5, 0.6) is 0 Å². The van der Waals surface area contributed by atoms with Gasteiger partial charge in [0.1, 0.15) is 0 Å². The molecule has 1 saturated heterocycles. The Morgan fingerprint density at radius 3 is 2.59 bits per heavy atom. The Bertz CT molecular complexity index is 442. The first-order valence-electron chi connectivity index (χ1n) is 5.28. The van der Waals surface area contributed by atoms with Gasteiger partial charge in [0.25, 0.3) is 5.69 Å². The second-order valence-corrected chi connectivity index (χ2v) is 3.92. The molecular weight excluding hydrogens is 222 g/mol. The minimum Gasteiger partial charge on any atom is -0.340 e. The molecule has 1 aromatic rings. The summed E-state index contributed by atoms with van der Waals surface area (Å²) in [5, 5.41) is 10.6. The number of hydrogen-bond donors (Lipinski definition) is 0. The lowest BCUT2D eigenvalue weighted by atomic mass is 10.1. The molecule has 5 heteroatoms. The molecule has 0 radical (unpaired) electrons. The van der Waals surface area contributed by atoms with E-state index in [1.54, 1.807) is 18.2 Å². The second-order valence-electron chi connectivity index (χ2n) is 3.92. The Morgan fingerprint density at radius 1 is 1.53 bits per heavy atom. The van der Waals surface area contributed by atoms with E-state index in [4.69, 9.17) is 9.47 Å². The van der Waals surface area contributed by atoms with Crippen LogP contribution in [0.15, 0.2) is 36.9 Å². The highest BCUT2D eigenvalue weighted by Crippen LogP contribution is 2.35. The van der Waals surface area contributed by atoms with Crippen molar-refractivity contribution in [2.45, 2.75) is 18.8 Å². The lowest BCUT2D eigenvalue weighted by Crippen LogP contribution is -2.24. The maximum atomic E-state index is 10.6. The summed E-state index contributed by atoms with van der Waals surface area (Å²) >= 11 is 0. The Morgan fingerprint density at radius 2 is 2.18 bits per heavy atom. The van der Waals surface area contributed by atoms with Gasteiger partial charge in [0.2, 0.25) is 5.79 Å². The monoisotopic (exact) mass is 235 g/mol. The zero-order valence-corrected chi connectivity index (χ0v) is 9.46. The maximum absolute atomic E-state index is 10.6. The normalized spacial score (nSPS) is 27.9. The average Bonchev–Trinajstić information content (AvgIpc) is 2.72. The van der Waals surface area contributed by atoms with Gasteiger partial charge in [0.15, 0.2) is 0 Å². The highest BCUT2D eigenvalue weighted by Gasteiger charge is 2.39. The molecule has 2 rings (SSSR count). The highest BCUT2D eigenvalue weighted by atomic mass is 16.7. The number of benzene rings is 1. The summed E-state index contributed by atoms with van der Waals surface area (Å²) in [7, 11) is 0. The van der Waals surface area contributed by atoms with Crippen LogP contribution >= 0.6 is 0 Å². The predicted octanol–water partition coefficient (Wildman–Crippen LogP) is 2.37. The fraction of sp³-hybridized carbons (Fsp3) is 0.333. The molecule has 0 aliphatic carbocycles. The van der Waals surface area contributed by atoms with Crippen molar-refractivity contribution in [3.05, 3.63) is 52.6 Å². The zero-order valence-electron chi connectivity index (χ0n) is 9.46. The molecule has 0 spiro atoms. The van der Waals surface area contributed by atoms with Crippen LogP contribution in [0.1, 0.15) is 12.5 Å². The van der Waals surface area contributed by atoms with Crippen LogP contribution < -0.4 is 0 Å². The highest BCUT2D eigenvalue weighted by molar-refractivity contribution is 5.36.